The maximum absolute atomic E-state index is 13.5. The predicted molar refractivity (Wildman–Crippen MR) is 140 cm³/mol. The molecule has 0 fully saturated rings. The number of methoxy groups -OCH3 is 1. The second-order valence-electron chi connectivity index (χ2n) is 8.76. The Labute approximate surface area is 214 Å². The lowest BCUT2D eigenvalue weighted by atomic mass is 10.0. The quantitative estimate of drug-likeness (QED) is 0.295. The van der Waals surface area contributed by atoms with Gasteiger partial charge in [0.1, 0.15) is 18.1 Å². The topological polar surface area (TPSA) is 122 Å². The Bertz CT molecular complexity index is 1480. The van der Waals surface area contributed by atoms with Crippen LogP contribution in [0.3, 0.4) is 0 Å². The summed E-state index contributed by atoms with van der Waals surface area (Å²) in [5, 5.41) is 15.4. The highest BCUT2D eigenvalue weighted by molar-refractivity contribution is 6.01. The van der Waals surface area contributed by atoms with Gasteiger partial charge in [0.25, 0.3) is 5.91 Å². The number of carbonyl (C=O) groups excluding carboxylic acids is 2. The Morgan fingerprint density at radius 1 is 1.03 bits per heavy atom. The summed E-state index contributed by atoms with van der Waals surface area (Å²) in [6, 6.07) is 17.7. The van der Waals surface area contributed by atoms with Gasteiger partial charge in [0.15, 0.2) is 5.65 Å². The molecule has 2 aromatic carbocycles. The van der Waals surface area contributed by atoms with E-state index >= 15 is 0 Å². The molecule has 0 spiro atoms. The molecule has 1 atom stereocenters. The smallest absolute Gasteiger partial charge is 0.325 e. The summed E-state index contributed by atoms with van der Waals surface area (Å²) in [6.45, 7) is 3.78. The molecule has 3 N–H and O–H groups in total. The number of aryl methyl sites for hydroxylation is 2. The summed E-state index contributed by atoms with van der Waals surface area (Å²) in [7, 11) is 1.31. The number of amides is 1. The average molecular weight is 501 g/mol. The number of aromatic nitrogens is 2. The summed E-state index contributed by atoms with van der Waals surface area (Å²) in [6.07, 6.45) is 1.47. The maximum Gasteiger partial charge on any atom is 0.325 e. The van der Waals surface area contributed by atoms with Gasteiger partial charge in [-0.05, 0) is 37.6 Å². The normalized spacial score (nSPS) is 11.6. The van der Waals surface area contributed by atoms with Crippen molar-refractivity contribution in [3.8, 4) is 11.3 Å². The van der Waals surface area contributed by atoms with E-state index in [1.807, 2.05) is 56.3 Å². The third-order valence-corrected chi connectivity index (χ3v) is 5.94. The largest absolute Gasteiger partial charge is 0.481 e. The first-order valence-electron chi connectivity index (χ1n) is 11.7. The molecule has 0 aliphatic rings. The molecule has 1 unspecified atom stereocenters. The van der Waals surface area contributed by atoms with Crippen molar-refractivity contribution in [1.82, 2.24) is 14.7 Å². The highest BCUT2D eigenvalue weighted by atomic mass is 16.5. The van der Waals surface area contributed by atoms with Crippen LogP contribution in [0.15, 0.2) is 66.9 Å². The van der Waals surface area contributed by atoms with Crippen LogP contribution in [0.2, 0.25) is 0 Å². The molecule has 37 heavy (non-hydrogen) atoms. The summed E-state index contributed by atoms with van der Waals surface area (Å²) >= 11 is 0. The zero-order chi connectivity index (χ0) is 26.5. The number of esters is 1. The number of carboxylic acid groups (broad SMARTS) is 1. The van der Waals surface area contributed by atoms with E-state index in [1.165, 1.54) is 7.11 Å². The number of carbonyl (C=O) groups is 3. The first-order valence-corrected chi connectivity index (χ1v) is 11.7. The molecular formula is C28H28N4O5. The van der Waals surface area contributed by atoms with E-state index in [4.69, 9.17) is 9.72 Å². The Morgan fingerprint density at radius 3 is 2.43 bits per heavy atom. The number of fused-ring (bicyclic) bond motifs is 1. The number of benzene rings is 2. The molecule has 0 saturated carbocycles. The molecule has 1 amide bonds. The van der Waals surface area contributed by atoms with Crippen molar-refractivity contribution in [2.75, 3.05) is 19.0 Å². The van der Waals surface area contributed by atoms with Gasteiger partial charge in [-0.25, -0.2) is 4.98 Å². The Morgan fingerprint density at radius 2 is 1.76 bits per heavy atom. The highest BCUT2D eigenvalue weighted by Gasteiger charge is 2.23. The SMILES string of the molecule is COC(=O)CNc1c(-c2cccc(C)c2)nc2c(C(=O)NC(CC(=O)O)c3cccc(C)c3)cccn12. The molecule has 9 heteroatoms. The fourth-order valence-electron chi connectivity index (χ4n) is 4.19. The Kier molecular flexibility index (Phi) is 7.52. The summed E-state index contributed by atoms with van der Waals surface area (Å²) in [5.41, 5.74) is 4.70. The lowest BCUT2D eigenvalue weighted by Gasteiger charge is -2.18. The van der Waals surface area contributed by atoms with Gasteiger partial charge in [-0.3, -0.25) is 18.8 Å². The number of imidazole rings is 1. The molecule has 190 valence electrons. The van der Waals surface area contributed by atoms with E-state index in [9.17, 15) is 19.5 Å². The second kappa shape index (κ2) is 10.9. The molecule has 0 bridgehead atoms. The minimum absolute atomic E-state index is 0.0897. The number of ether oxygens (including phenoxy) is 1. The fraction of sp³-hybridized carbons (Fsp3) is 0.214. The van der Waals surface area contributed by atoms with Gasteiger partial charge in [0.2, 0.25) is 0 Å². The third kappa shape index (κ3) is 5.78. The highest BCUT2D eigenvalue weighted by Crippen LogP contribution is 2.31. The Hall–Kier alpha value is -4.66. The number of anilines is 1. The summed E-state index contributed by atoms with van der Waals surface area (Å²) in [5.74, 6) is -1.41. The van der Waals surface area contributed by atoms with Crippen LogP contribution < -0.4 is 10.6 Å². The van der Waals surface area contributed by atoms with Crippen LogP contribution >= 0.6 is 0 Å². The van der Waals surface area contributed by atoms with Crippen molar-refractivity contribution in [2.45, 2.75) is 26.3 Å². The van der Waals surface area contributed by atoms with Gasteiger partial charge in [0, 0.05) is 11.8 Å². The first-order chi connectivity index (χ1) is 17.8. The molecular weight excluding hydrogens is 472 g/mol. The fourth-order valence-corrected chi connectivity index (χ4v) is 4.19. The van der Waals surface area contributed by atoms with Crippen molar-refractivity contribution in [3.63, 3.8) is 0 Å². The molecule has 0 radical (unpaired) electrons. The number of carboxylic acids is 1. The average Bonchev–Trinajstić information content (AvgIpc) is 3.25. The number of hydrogen-bond acceptors (Lipinski definition) is 6. The van der Waals surface area contributed by atoms with Crippen molar-refractivity contribution < 1.29 is 24.2 Å². The number of nitrogens with one attached hydrogen (secondary N) is 2. The number of pyridine rings is 1. The van der Waals surface area contributed by atoms with E-state index < -0.39 is 23.9 Å². The monoisotopic (exact) mass is 500 g/mol. The van der Waals surface area contributed by atoms with Crippen molar-refractivity contribution in [3.05, 3.63) is 89.1 Å². The molecule has 0 aliphatic heterocycles. The number of nitrogens with zero attached hydrogens (tertiary/aromatic N) is 2. The minimum atomic E-state index is -1.03. The van der Waals surface area contributed by atoms with E-state index in [0.29, 0.717) is 22.7 Å². The molecule has 0 aliphatic carbocycles. The van der Waals surface area contributed by atoms with Crippen molar-refractivity contribution >= 4 is 29.3 Å². The molecule has 4 aromatic rings. The molecule has 4 rings (SSSR count). The first kappa shape index (κ1) is 25.4. The maximum atomic E-state index is 13.5. The second-order valence-corrected chi connectivity index (χ2v) is 8.76. The standard InChI is InChI=1S/C28H28N4O5/c1-17-7-4-9-19(13-17)22(15-23(33)34)30-28(36)21-11-6-12-32-26(21)31-25(20-10-5-8-18(2)14-20)27(32)29-16-24(35)37-3/h4-14,22,29H,15-16H2,1-3H3,(H,30,36)(H,33,34). The molecule has 2 heterocycles. The third-order valence-electron chi connectivity index (χ3n) is 5.94. The number of rotatable bonds is 9. The van der Waals surface area contributed by atoms with E-state index in [1.54, 1.807) is 28.8 Å². The van der Waals surface area contributed by atoms with Gasteiger partial charge in [-0.1, -0.05) is 53.6 Å². The minimum Gasteiger partial charge on any atom is -0.481 e. The van der Waals surface area contributed by atoms with E-state index in [-0.39, 0.29) is 18.5 Å². The zero-order valence-electron chi connectivity index (χ0n) is 20.8. The number of hydrogen-bond donors (Lipinski definition) is 3. The van der Waals surface area contributed by atoms with Crippen LogP contribution in [0.5, 0.6) is 0 Å². The van der Waals surface area contributed by atoms with Gasteiger partial charge in [0.05, 0.1) is 25.1 Å². The van der Waals surface area contributed by atoms with Gasteiger partial charge in [-0.2, -0.15) is 0 Å². The van der Waals surface area contributed by atoms with Crippen molar-refractivity contribution in [1.29, 1.82) is 0 Å². The Balaban J connectivity index is 1.77. The summed E-state index contributed by atoms with van der Waals surface area (Å²) < 4.78 is 6.47. The lowest BCUT2D eigenvalue weighted by molar-refractivity contribution is -0.139. The number of aliphatic carboxylic acids is 1. The molecule has 0 saturated heterocycles. The predicted octanol–water partition coefficient (Wildman–Crippen LogP) is 4.15. The van der Waals surface area contributed by atoms with Gasteiger partial charge >= 0.3 is 11.9 Å². The summed E-state index contributed by atoms with van der Waals surface area (Å²) in [4.78, 5) is 41.7. The van der Waals surface area contributed by atoms with Crippen LogP contribution in [-0.4, -0.2) is 46.0 Å². The van der Waals surface area contributed by atoms with E-state index in [0.717, 1.165) is 16.7 Å². The lowest BCUT2D eigenvalue weighted by Crippen LogP contribution is -2.30. The van der Waals surface area contributed by atoms with Crippen LogP contribution in [0.25, 0.3) is 16.9 Å². The van der Waals surface area contributed by atoms with Crippen LogP contribution in [-0.2, 0) is 14.3 Å². The van der Waals surface area contributed by atoms with Gasteiger partial charge in [-0.15, -0.1) is 0 Å². The van der Waals surface area contributed by atoms with E-state index in [2.05, 4.69) is 10.6 Å². The van der Waals surface area contributed by atoms with Crippen LogP contribution in [0, 0.1) is 13.8 Å². The molecule has 2 aromatic heterocycles. The van der Waals surface area contributed by atoms with Crippen LogP contribution in [0.1, 0.15) is 39.5 Å². The zero-order valence-corrected chi connectivity index (χ0v) is 20.8. The molecule has 9 nitrogen and oxygen atoms in total. The van der Waals surface area contributed by atoms with Crippen LogP contribution in [0.4, 0.5) is 5.82 Å². The van der Waals surface area contributed by atoms with Gasteiger partial charge < -0.3 is 20.5 Å². The van der Waals surface area contributed by atoms with Crippen molar-refractivity contribution in [2.24, 2.45) is 0 Å².